The quantitative estimate of drug-likeness (QED) is 0.758. The van der Waals surface area contributed by atoms with Crippen LogP contribution in [0.3, 0.4) is 0 Å². The fraction of sp³-hybridized carbons (Fsp3) is 0.143. The third-order valence-electron chi connectivity index (χ3n) is 2.93. The van der Waals surface area contributed by atoms with Gasteiger partial charge in [0.05, 0.1) is 24.2 Å². The van der Waals surface area contributed by atoms with Gasteiger partial charge in [-0.3, -0.25) is 0 Å². The Balaban J connectivity index is 2.03. The number of imidazole rings is 1. The lowest BCUT2D eigenvalue weighted by molar-refractivity contribution is 0.340. The smallest absolute Gasteiger partial charge is 0.177 e. The molecule has 3 rings (SSSR count). The second kappa shape index (κ2) is 4.73. The van der Waals surface area contributed by atoms with Crippen LogP contribution >= 0.6 is 0 Å². The topological polar surface area (TPSA) is 91.5 Å². The van der Waals surface area contributed by atoms with Gasteiger partial charge in [-0.25, -0.2) is 9.50 Å². The molecule has 6 heteroatoms. The van der Waals surface area contributed by atoms with Gasteiger partial charge in [-0.15, -0.1) is 5.10 Å². The van der Waals surface area contributed by atoms with Gasteiger partial charge in [0.25, 0.3) is 0 Å². The van der Waals surface area contributed by atoms with E-state index in [0.717, 1.165) is 17.0 Å². The minimum atomic E-state index is 0.366. The molecule has 0 spiro atoms. The second-order valence-electron chi connectivity index (χ2n) is 4.38. The molecule has 0 atom stereocenters. The molecule has 4 N–H and O–H groups in total. The van der Waals surface area contributed by atoms with Crippen LogP contribution in [0, 0.1) is 0 Å². The monoisotopic (exact) mass is 269 g/mol. The van der Waals surface area contributed by atoms with Crippen molar-refractivity contribution in [3.63, 3.8) is 0 Å². The van der Waals surface area contributed by atoms with Crippen LogP contribution < -0.4 is 16.2 Å². The molecule has 0 bridgehead atoms. The van der Waals surface area contributed by atoms with Crippen molar-refractivity contribution < 1.29 is 4.74 Å². The largest absolute Gasteiger partial charge is 0.494 e. The van der Waals surface area contributed by atoms with E-state index < -0.39 is 0 Å². The van der Waals surface area contributed by atoms with Crippen LogP contribution in [0.25, 0.3) is 16.9 Å². The molecule has 0 aliphatic heterocycles. The first-order valence-electron chi connectivity index (χ1n) is 6.32. The maximum atomic E-state index is 5.89. The third-order valence-corrected chi connectivity index (χ3v) is 2.93. The first kappa shape index (κ1) is 12.3. The number of aromatic nitrogens is 3. The van der Waals surface area contributed by atoms with Gasteiger partial charge in [-0.2, -0.15) is 0 Å². The number of anilines is 2. The molecule has 0 saturated heterocycles. The Morgan fingerprint density at radius 1 is 1.20 bits per heavy atom. The molecule has 0 radical (unpaired) electrons. The Morgan fingerprint density at radius 3 is 2.65 bits per heavy atom. The maximum Gasteiger partial charge on any atom is 0.177 e. The highest BCUT2D eigenvalue weighted by Gasteiger charge is 2.08. The molecule has 20 heavy (non-hydrogen) atoms. The van der Waals surface area contributed by atoms with Gasteiger partial charge in [0.15, 0.2) is 5.65 Å². The Kier molecular flexibility index (Phi) is 2.90. The average Bonchev–Trinajstić information content (AvgIpc) is 2.84. The lowest BCUT2D eigenvalue weighted by atomic mass is 10.2. The Bertz CT molecular complexity index is 748. The molecule has 2 aromatic heterocycles. The van der Waals surface area contributed by atoms with Crippen LogP contribution in [-0.2, 0) is 0 Å². The number of benzene rings is 1. The van der Waals surface area contributed by atoms with Gasteiger partial charge < -0.3 is 16.2 Å². The van der Waals surface area contributed by atoms with Crippen molar-refractivity contribution in [2.45, 2.75) is 6.92 Å². The summed E-state index contributed by atoms with van der Waals surface area (Å²) < 4.78 is 7.01. The standard InChI is InChI=1S/C14H15N5O/c1-2-20-10-5-3-9(4-6-10)12-8-19-14(17-12)11(15)7-13(16)18-19/h3-8H,2,15H2,1H3,(H2,16,18). The number of nitrogen functional groups attached to an aromatic ring is 2. The van der Waals surface area contributed by atoms with Crippen molar-refractivity contribution in [2.75, 3.05) is 18.1 Å². The molecule has 0 aliphatic rings. The fourth-order valence-corrected chi connectivity index (χ4v) is 2.05. The molecule has 0 aliphatic carbocycles. The highest BCUT2D eigenvalue weighted by Crippen LogP contribution is 2.24. The molecule has 0 fully saturated rings. The summed E-state index contributed by atoms with van der Waals surface area (Å²) in [6, 6.07) is 9.32. The van der Waals surface area contributed by atoms with Gasteiger partial charge in [0, 0.05) is 11.6 Å². The normalized spacial score (nSPS) is 10.8. The first-order valence-corrected chi connectivity index (χ1v) is 6.32. The molecular formula is C14H15N5O. The van der Waals surface area contributed by atoms with Crippen LogP contribution in [-0.4, -0.2) is 21.2 Å². The van der Waals surface area contributed by atoms with Crippen LogP contribution in [0.1, 0.15) is 6.92 Å². The number of hydrogen-bond acceptors (Lipinski definition) is 5. The summed E-state index contributed by atoms with van der Waals surface area (Å²) in [7, 11) is 0. The van der Waals surface area contributed by atoms with E-state index in [2.05, 4.69) is 10.1 Å². The molecule has 2 heterocycles. The molecule has 0 saturated carbocycles. The zero-order valence-corrected chi connectivity index (χ0v) is 11.1. The van der Waals surface area contributed by atoms with Crippen molar-refractivity contribution in [3.8, 4) is 17.0 Å². The Morgan fingerprint density at radius 2 is 1.95 bits per heavy atom. The SMILES string of the molecule is CCOc1ccc(-c2cn3nc(N)cc(N)c3n2)cc1. The predicted molar refractivity (Wildman–Crippen MR) is 78.4 cm³/mol. The summed E-state index contributed by atoms with van der Waals surface area (Å²) in [5.41, 5.74) is 14.4. The summed E-state index contributed by atoms with van der Waals surface area (Å²) in [5, 5.41) is 4.16. The molecule has 0 unspecified atom stereocenters. The number of nitrogens with two attached hydrogens (primary N) is 2. The minimum Gasteiger partial charge on any atom is -0.494 e. The van der Waals surface area contributed by atoms with Crippen molar-refractivity contribution in [3.05, 3.63) is 36.5 Å². The molecule has 6 nitrogen and oxygen atoms in total. The van der Waals surface area contributed by atoms with E-state index in [0.29, 0.717) is 23.8 Å². The van der Waals surface area contributed by atoms with Crippen molar-refractivity contribution >= 4 is 17.2 Å². The van der Waals surface area contributed by atoms with E-state index in [-0.39, 0.29) is 0 Å². The van der Waals surface area contributed by atoms with Crippen molar-refractivity contribution in [1.29, 1.82) is 0 Å². The number of fused-ring (bicyclic) bond motifs is 1. The van der Waals surface area contributed by atoms with E-state index in [1.54, 1.807) is 16.8 Å². The average molecular weight is 269 g/mol. The predicted octanol–water partition coefficient (Wildman–Crippen LogP) is 1.96. The number of rotatable bonds is 3. The second-order valence-corrected chi connectivity index (χ2v) is 4.38. The highest BCUT2D eigenvalue weighted by atomic mass is 16.5. The van der Waals surface area contributed by atoms with E-state index >= 15 is 0 Å². The minimum absolute atomic E-state index is 0.366. The molecular weight excluding hydrogens is 254 g/mol. The van der Waals surface area contributed by atoms with Crippen LogP contribution in [0.4, 0.5) is 11.5 Å². The summed E-state index contributed by atoms with van der Waals surface area (Å²) in [4.78, 5) is 4.48. The van der Waals surface area contributed by atoms with E-state index in [9.17, 15) is 0 Å². The number of nitrogens with zero attached hydrogens (tertiary/aromatic N) is 3. The zero-order valence-electron chi connectivity index (χ0n) is 11.1. The van der Waals surface area contributed by atoms with E-state index in [1.165, 1.54) is 0 Å². The lowest BCUT2D eigenvalue weighted by Gasteiger charge is -2.02. The van der Waals surface area contributed by atoms with Gasteiger partial charge in [-0.1, -0.05) is 0 Å². The van der Waals surface area contributed by atoms with Crippen molar-refractivity contribution in [1.82, 2.24) is 14.6 Å². The van der Waals surface area contributed by atoms with Crippen LogP contribution in [0.5, 0.6) is 5.75 Å². The molecule has 102 valence electrons. The van der Waals surface area contributed by atoms with Gasteiger partial charge in [0.1, 0.15) is 11.6 Å². The highest BCUT2D eigenvalue weighted by molar-refractivity contribution is 5.72. The third kappa shape index (κ3) is 2.11. The lowest BCUT2D eigenvalue weighted by Crippen LogP contribution is -2.00. The van der Waals surface area contributed by atoms with Crippen molar-refractivity contribution in [2.24, 2.45) is 0 Å². The van der Waals surface area contributed by atoms with Gasteiger partial charge in [-0.05, 0) is 31.2 Å². The first-order chi connectivity index (χ1) is 9.67. The molecule has 1 aromatic carbocycles. The van der Waals surface area contributed by atoms with E-state index in [1.807, 2.05) is 31.2 Å². The van der Waals surface area contributed by atoms with Crippen LogP contribution in [0.15, 0.2) is 36.5 Å². The fourth-order valence-electron chi connectivity index (χ4n) is 2.05. The summed E-state index contributed by atoms with van der Waals surface area (Å²) in [5.74, 6) is 1.20. The Labute approximate surface area is 116 Å². The van der Waals surface area contributed by atoms with E-state index in [4.69, 9.17) is 16.2 Å². The summed E-state index contributed by atoms with van der Waals surface area (Å²) in [6.07, 6.45) is 1.80. The molecule has 3 aromatic rings. The number of ether oxygens (including phenoxy) is 1. The summed E-state index contributed by atoms with van der Waals surface area (Å²) >= 11 is 0. The molecule has 0 amide bonds. The maximum absolute atomic E-state index is 5.89. The summed E-state index contributed by atoms with van der Waals surface area (Å²) in [6.45, 7) is 2.60. The zero-order chi connectivity index (χ0) is 14.1. The van der Waals surface area contributed by atoms with Gasteiger partial charge in [0.2, 0.25) is 0 Å². The van der Waals surface area contributed by atoms with Crippen LogP contribution in [0.2, 0.25) is 0 Å². The Hall–Kier alpha value is -2.76. The number of hydrogen-bond donors (Lipinski definition) is 2. The van der Waals surface area contributed by atoms with Gasteiger partial charge >= 0.3 is 0 Å².